The molecule has 100 valence electrons. The minimum absolute atomic E-state index is 0.240. The Morgan fingerprint density at radius 2 is 2.06 bits per heavy atom. The number of carboxylic acid groups (broad SMARTS) is 1. The van der Waals surface area contributed by atoms with Crippen LogP contribution in [0, 0.1) is 13.8 Å². The van der Waals surface area contributed by atoms with E-state index < -0.39 is 5.97 Å². The maximum absolute atomic E-state index is 10.5. The van der Waals surface area contributed by atoms with Crippen LogP contribution in [0.25, 0.3) is 0 Å². The molecule has 0 heterocycles. The normalized spacial score (nSPS) is 12.7. The number of carboxylic acids is 1. The van der Waals surface area contributed by atoms with Crippen LogP contribution in [0.4, 0.5) is 0 Å². The van der Waals surface area contributed by atoms with E-state index in [4.69, 9.17) is 5.11 Å². The quantitative estimate of drug-likeness (QED) is 0.842. The highest BCUT2D eigenvalue weighted by Crippen LogP contribution is 2.23. The molecular weight excluding hydrogens is 226 g/mol. The topological polar surface area (TPSA) is 40.5 Å². The molecule has 18 heavy (non-hydrogen) atoms. The zero-order valence-electron chi connectivity index (χ0n) is 11.7. The molecule has 0 aliphatic heterocycles. The highest BCUT2D eigenvalue weighted by atomic mass is 16.4. The third-order valence-electron chi connectivity index (χ3n) is 3.45. The summed E-state index contributed by atoms with van der Waals surface area (Å²) in [6.45, 7) is 7.19. The van der Waals surface area contributed by atoms with Crippen LogP contribution in [0.1, 0.15) is 42.5 Å². The lowest BCUT2D eigenvalue weighted by molar-refractivity contribution is -0.137. The van der Waals surface area contributed by atoms with Gasteiger partial charge in [0.1, 0.15) is 0 Å². The molecule has 0 saturated heterocycles. The first-order valence-corrected chi connectivity index (χ1v) is 6.41. The Morgan fingerprint density at radius 3 is 2.67 bits per heavy atom. The summed E-state index contributed by atoms with van der Waals surface area (Å²) in [5.74, 6) is -0.720. The number of nitrogens with zero attached hydrogens (tertiary/aromatic N) is 1. The fraction of sp³-hybridized carbons (Fsp3) is 0.533. The molecule has 0 aliphatic rings. The molecule has 0 bridgehead atoms. The Bertz CT molecular complexity index is 415. The van der Waals surface area contributed by atoms with Crippen LogP contribution in [0.5, 0.6) is 0 Å². The first-order valence-electron chi connectivity index (χ1n) is 6.41. The summed E-state index contributed by atoms with van der Waals surface area (Å²) in [5, 5.41) is 8.64. The van der Waals surface area contributed by atoms with E-state index in [1.165, 1.54) is 16.7 Å². The highest BCUT2D eigenvalue weighted by molar-refractivity contribution is 5.66. The van der Waals surface area contributed by atoms with E-state index >= 15 is 0 Å². The Kier molecular flexibility index (Phi) is 5.35. The number of rotatable bonds is 6. The minimum Gasteiger partial charge on any atom is -0.481 e. The predicted molar refractivity (Wildman–Crippen MR) is 73.8 cm³/mol. The van der Waals surface area contributed by atoms with Crippen LogP contribution in [-0.4, -0.2) is 29.6 Å². The number of hydrogen-bond acceptors (Lipinski definition) is 2. The summed E-state index contributed by atoms with van der Waals surface area (Å²) in [7, 11) is 2.05. The summed E-state index contributed by atoms with van der Waals surface area (Å²) in [4.78, 5) is 12.7. The third kappa shape index (κ3) is 4.15. The van der Waals surface area contributed by atoms with Crippen LogP contribution >= 0.6 is 0 Å². The van der Waals surface area contributed by atoms with Crippen molar-refractivity contribution in [2.45, 2.75) is 39.7 Å². The molecule has 0 fully saturated rings. The zero-order chi connectivity index (χ0) is 13.7. The van der Waals surface area contributed by atoms with Gasteiger partial charge in [-0.15, -0.1) is 0 Å². The molecule has 3 heteroatoms. The first-order chi connectivity index (χ1) is 8.41. The van der Waals surface area contributed by atoms with Gasteiger partial charge >= 0.3 is 5.97 Å². The third-order valence-corrected chi connectivity index (χ3v) is 3.45. The van der Waals surface area contributed by atoms with Crippen LogP contribution in [-0.2, 0) is 4.79 Å². The largest absolute Gasteiger partial charge is 0.481 e. The van der Waals surface area contributed by atoms with E-state index in [2.05, 4.69) is 43.9 Å². The van der Waals surface area contributed by atoms with E-state index in [0.29, 0.717) is 12.5 Å². The van der Waals surface area contributed by atoms with Crippen LogP contribution < -0.4 is 0 Å². The molecule has 1 atom stereocenters. The second kappa shape index (κ2) is 6.55. The molecule has 0 aliphatic carbocycles. The fourth-order valence-corrected chi connectivity index (χ4v) is 2.12. The summed E-state index contributed by atoms with van der Waals surface area (Å²) in [6.07, 6.45) is 0.935. The lowest BCUT2D eigenvalue weighted by atomic mass is 9.99. The van der Waals surface area contributed by atoms with Gasteiger partial charge in [-0.2, -0.15) is 0 Å². The van der Waals surface area contributed by atoms with Crippen molar-refractivity contribution in [3.63, 3.8) is 0 Å². The molecule has 0 saturated carbocycles. The van der Waals surface area contributed by atoms with Crippen LogP contribution in [0.2, 0.25) is 0 Å². The van der Waals surface area contributed by atoms with Crippen molar-refractivity contribution in [1.29, 1.82) is 0 Å². The molecule has 1 N–H and O–H groups in total. The number of carbonyl (C=O) groups is 1. The molecule has 1 rings (SSSR count). The average molecular weight is 249 g/mol. The van der Waals surface area contributed by atoms with E-state index in [-0.39, 0.29) is 6.42 Å². The molecule has 0 spiro atoms. The maximum atomic E-state index is 10.5. The van der Waals surface area contributed by atoms with Crippen molar-refractivity contribution >= 4 is 5.97 Å². The highest BCUT2D eigenvalue weighted by Gasteiger charge is 2.14. The van der Waals surface area contributed by atoms with Crippen molar-refractivity contribution < 1.29 is 9.90 Å². The van der Waals surface area contributed by atoms with Gasteiger partial charge in [0.15, 0.2) is 0 Å². The van der Waals surface area contributed by atoms with E-state index in [1.54, 1.807) is 0 Å². The Labute approximate surface area is 109 Å². The summed E-state index contributed by atoms with van der Waals surface area (Å²) >= 11 is 0. The molecule has 1 unspecified atom stereocenters. The minimum atomic E-state index is -0.720. The Hall–Kier alpha value is -1.35. The van der Waals surface area contributed by atoms with Crippen LogP contribution in [0.15, 0.2) is 18.2 Å². The smallest absolute Gasteiger partial charge is 0.303 e. The van der Waals surface area contributed by atoms with Crippen molar-refractivity contribution in [2.75, 3.05) is 13.6 Å². The fourth-order valence-electron chi connectivity index (χ4n) is 2.12. The zero-order valence-corrected chi connectivity index (χ0v) is 11.7. The second-order valence-electron chi connectivity index (χ2n) is 5.01. The van der Waals surface area contributed by atoms with Crippen molar-refractivity contribution in [2.24, 2.45) is 0 Å². The lowest BCUT2D eigenvalue weighted by Crippen LogP contribution is -2.24. The number of benzene rings is 1. The van der Waals surface area contributed by atoms with Crippen molar-refractivity contribution in [3.8, 4) is 0 Å². The van der Waals surface area contributed by atoms with Gasteiger partial charge in [-0.05, 0) is 51.9 Å². The molecule has 0 aromatic heterocycles. The number of aliphatic carboxylic acids is 1. The standard InChI is InChI=1S/C15H23NO2/c1-11-7-8-12(2)14(10-11)13(3)16(4)9-5-6-15(17)18/h7-8,10,13H,5-6,9H2,1-4H3,(H,17,18). The Morgan fingerprint density at radius 1 is 1.39 bits per heavy atom. The summed E-state index contributed by atoms with van der Waals surface area (Å²) < 4.78 is 0. The molecule has 3 nitrogen and oxygen atoms in total. The van der Waals surface area contributed by atoms with Gasteiger partial charge in [0.25, 0.3) is 0 Å². The maximum Gasteiger partial charge on any atom is 0.303 e. The average Bonchev–Trinajstić information content (AvgIpc) is 2.30. The molecular formula is C15H23NO2. The first kappa shape index (κ1) is 14.7. The van der Waals surface area contributed by atoms with E-state index in [9.17, 15) is 4.79 Å². The van der Waals surface area contributed by atoms with Crippen molar-refractivity contribution in [1.82, 2.24) is 4.90 Å². The van der Waals surface area contributed by atoms with Gasteiger partial charge < -0.3 is 5.11 Å². The van der Waals surface area contributed by atoms with Gasteiger partial charge in [0.05, 0.1) is 0 Å². The van der Waals surface area contributed by atoms with Gasteiger partial charge in [0.2, 0.25) is 0 Å². The molecule has 1 aromatic rings. The number of aryl methyl sites for hydroxylation is 2. The summed E-state index contributed by atoms with van der Waals surface area (Å²) in [5.41, 5.74) is 3.88. The van der Waals surface area contributed by atoms with Crippen LogP contribution in [0.3, 0.4) is 0 Å². The Balaban J connectivity index is 2.64. The molecule has 0 radical (unpaired) electrons. The van der Waals surface area contributed by atoms with Gasteiger partial charge in [-0.3, -0.25) is 9.69 Å². The summed E-state index contributed by atoms with van der Waals surface area (Å²) in [6, 6.07) is 6.80. The predicted octanol–water partition coefficient (Wildman–Crippen LogP) is 3.16. The molecule has 0 amide bonds. The SMILES string of the molecule is Cc1ccc(C)c(C(C)N(C)CCCC(=O)O)c1. The van der Waals surface area contributed by atoms with Gasteiger partial charge in [-0.1, -0.05) is 23.8 Å². The van der Waals surface area contributed by atoms with E-state index in [1.807, 2.05) is 7.05 Å². The van der Waals surface area contributed by atoms with Crippen molar-refractivity contribution in [3.05, 3.63) is 34.9 Å². The second-order valence-corrected chi connectivity index (χ2v) is 5.01. The monoisotopic (exact) mass is 249 g/mol. The number of hydrogen-bond donors (Lipinski definition) is 1. The van der Waals surface area contributed by atoms with Gasteiger partial charge in [0, 0.05) is 12.5 Å². The lowest BCUT2D eigenvalue weighted by Gasteiger charge is -2.26. The van der Waals surface area contributed by atoms with Gasteiger partial charge in [-0.25, -0.2) is 0 Å². The van der Waals surface area contributed by atoms with E-state index in [0.717, 1.165) is 6.54 Å². The molecule has 1 aromatic carbocycles.